The van der Waals surface area contributed by atoms with Gasteiger partial charge in [-0.05, 0) is 31.5 Å². The molecule has 0 saturated heterocycles. The molecule has 0 spiro atoms. The summed E-state index contributed by atoms with van der Waals surface area (Å²) >= 11 is 5.69. The number of rotatable bonds is 2. The highest BCUT2D eigenvalue weighted by Crippen LogP contribution is 2.44. The molecule has 1 aromatic rings. The molecule has 0 aromatic carbocycles. The molecule has 1 aliphatic carbocycles. The van der Waals surface area contributed by atoms with Crippen molar-refractivity contribution in [3.63, 3.8) is 0 Å². The first-order chi connectivity index (χ1) is 5.77. The van der Waals surface area contributed by atoms with Crippen LogP contribution in [0.2, 0.25) is 5.15 Å². The molecular formula is C9H11ClN2. The molecule has 0 radical (unpaired) electrons. The SMILES string of the molecule is CNC1(c2ccc(Cl)nc2)CC1. The Morgan fingerprint density at radius 2 is 2.25 bits per heavy atom. The van der Waals surface area contributed by atoms with Crippen LogP contribution in [-0.4, -0.2) is 12.0 Å². The van der Waals surface area contributed by atoms with E-state index in [1.54, 1.807) is 0 Å². The summed E-state index contributed by atoms with van der Waals surface area (Å²) < 4.78 is 0. The van der Waals surface area contributed by atoms with E-state index in [0.717, 1.165) is 0 Å². The number of pyridine rings is 1. The Hall–Kier alpha value is -0.600. The van der Waals surface area contributed by atoms with E-state index in [-0.39, 0.29) is 5.54 Å². The lowest BCUT2D eigenvalue weighted by atomic mass is 10.1. The minimum absolute atomic E-state index is 0.206. The highest BCUT2D eigenvalue weighted by atomic mass is 35.5. The maximum atomic E-state index is 5.69. The summed E-state index contributed by atoms with van der Waals surface area (Å²) in [5.41, 5.74) is 1.45. The molecule has 12 heavy (non-hydrogen) atoms. The van der Waals surface area contributed by atoms with Crippen LogP contribution in [0.4, 0.5) is 0 Å². The van der Waals surface area contributed by atoms with E-state index in [9.17, 15) is 0 Å². The highest BCUT2D eigenvalue weighted by molar-refractivity contribution is 6.29. The Kier molecular flexibility index (Phi) is 1.81. The van der Waals surface area contributed by atoms with E-state index in [0.29, 0.717) is 5.15 Å². The van der Waals surface area contributed by atoms with Gasteiger partial charge >= 0.3 is 0 Å². The molecule has 0 bridgehead atoms. The first kappa shape index (κ1) is 8.02. The lowest BCUT2D eigenvalue weighted by Crippen LogP contribution is -2.24. The van der Waals surface area contributed by atoms with Crippen LogP contribution < -0.4 is 5.32 Å². The Bertz CT molecular complexity index is 277. The number of nitrogens with one attached hydrogen (secondary N) is 1. The zero-order valence-corrected chi connectivity index (χ0v) is 7.73. The van der Waals surface area contributed by atoms with E-state index in [2.05, 4.69) is 10.3 Å². The molecule has 1 saturated carbocycles. The number of hydrogen-bond donors (Lipinski definition) is 1. The van der Waals surface area contributed by atoms with Gasteiger partial charge in [0.05, 0.1) is 0 Å². The van der Waals surface area contributed by atoms with Crippen molar-refractivity contribution in [3.05, 3.63) is 29.0 Å². The van der Waals surface area contributed by atoms with Gasteiger partial charge in [0, 0.05) is 11.7 Å². The van der Waals surface area contributed by atoms with Crippen LogP contribution >= 0.6 is 11.6 Å². The molecule has 1 aliphatic rings. The molecule has 3 heteroatoms. The van der Waals surface area contributed by atoms with Gasteiger partial charge in [-0.15, -0.1) is 0 Å². The maximum absolute atomic E-state index is 5.69. The summed E-state index contributed by atoms with van der Waals surface area (Å²) in [5.74, 6) is 0. The van der Waals surface area contributed by atoms with Gasteiger partial charge in [0.2, 0.25) is 0 Å². The van der Waals surface area contributed by atoms with Crippen molar-refractivity contribution >= 4 is 11.6 Å². The van der Waals surface area contributed by atoms with Crippen LogP contribution in [0, 0.1) is 0 Å². The fourth-order valence-corrected chi connectivity index (χ4v) is 1.58. The average Bonchev–Trinajstić information content (AvgIpc) is 2.86. The van der Waals surface area contributed by atoms with Gasteiger partial charge in [0.25, 0.3) is 0 Å². The minimum atomic E-state index is 0.206. The third-order valence-electron chi connectivity index (χ3n) is 2.51. The topological polar surface area (TPSA) is 24.9 Å². The van der Waals surface area contributed by atoms with Crippen LogP contribution in [0.1, 0.15) is 18.4 Å². The molecular weight excluding hydrogens is 172 g/mol. The normalized spacial score (nSPS) is 19.2. The Morgan fingerprint density at radius 1 is 1.50 bits per heavy atom. The Morgan fingerprint density at radius 3 is 2.67 bits per heavy atom. The second-order valence-electron chi connectivity index (χ2n) is 3.20. The fourth-order valence-electron chi connectivity index (χ4n) is 1.47. The third kappa shape index (κ3) is 1.21. The van der Waals surface area contributed by atoms with Crippen LogP contribution in [0.25, 0.3) is 0 Å². The number of hydrogen-bond acceptors (Lipinski definition) is 2. The van der Waals surface area contributed by atoms with Crippen molar-refractivity contribution in [3.8, 4) is 0 Å². The summed E-state index contributed by atoms with van der Waals surface area (Å²) in [7, 11) is 1.99. The minimum Gasteiger partial charge on any atom is -0.310 e. The number of nitrogens with zero attached hydrogens (tertiary/aromatic N) is 1. The predicted octanol–water partition coefficient (Wildman–Crippen LogP) is 1.94. The van der Waals surface area contributed by atoms with Crippen LogP contribution in [0.15, 0.2) is 18.3 Å². The Balaban J connectivity index is 2.29. The molecule has 1 aromatic heterocycles. The number of halogens is 1. The zero-order valence-electron chi connectivity index (χ0n) is 6.97. The van der Waals surface area contributed by atoms with Crippen molar-refractivity contribution < 1.29 is 0 Å². The van der Waals surface area contributed by atoms with Gasteiger partial charge in [0.15, 0.2) is 0 Å². The lowest BCUT2D eigenvalue weighted by Gasteiger charge is -2.13. The van der Waals surface area contributed by atoms with Crippen molar-refractivity contribution in [1.82, 2.24) is 10.3 Å². The van der Waals surface area contributed by atoms with E-state index in [1.807, 2.05) is 25.4 Å². The standard InChI is InChI=1S/C9H11ClN2/c1-11-9(4-5-9)7-2-3-8(10)12-6-7/h2-3,6,11H,4-5H2,1H3. The predicted molar refractivity (Wildman–Crippen MR) is 49.2 cm³/mol. The number of aromatic nitrogens is 1. The van der Waals surface area contributed by atoms with E-state index in [4.69, 9.17) is 11.6 Å². The zero-order chi connectivity index (χ0) is 8.60. The lowest BCUT2D eigenvalue weighted by molar-refractivity contribution is 0.583. The van der Waals surface area contributed by atoms with Crippen molar-refractivity contribution in [2.75, 3.05) is 7.05 Å². The summed E-state index contributed by atoms with van der Waals surface area (Å²) in [6.45, 7) is 0. The van der Waals surface area contributed by atoms with Crippen molar-refractivity contribution in [2.45, 2.75) is 18.4 Å². The van der Waals surface area contributed by atoms with Gasteiger partial charge in [-0.3, -0.25) is 0 Å². The smallest absolute Gasteiger partial charge is 0.129 e. The third-order valence-corrected chi connectivity index (χ3v) is 2.73. The van der Waals surface area contributed by atoms with Gasteiger partial charge < -0.3 is 5.32 Å². The summed E-state index contributed by atoms with van der Waals surface area (Å²) in [6, 6.07) is 3.88. The van der Waals surface area contributed by atoms with Gasteiger partial charge in [-0.25, -0.2) is 4.98 Å². The summed E-state index contributed by atoms with van der Waals surface area (Å²) in [6.07, 6.45) is 4.26. The monoisotopic (exact) mass is 182 g/mol. The molecule has 1 fully saturated rings. The second-order valence-corrected chi connectivity index (χ2v) is 3.59. The van der Waals surface area contributed by atoms with E-state index in [1.165, 1.54) is 18.4 Å². The molecule has 2 rings (SSSR count). The maximum Gasteiger partial charge on any atom is 0.129 e. The molecule has 0 amide bonds. The second kappa shape index (κ2) is 2.71. The van der Waals surface area contributed by atoms with Crippen LogP contribution in [-0.2, 0) is 5.54 Å². The van der Waals surface area contributed by atoms with Gasteiger partial charge in [-0.1, -0.05) is 17.7 Å². The first-order valence-electron chi connectivity index (χ1n) is 4.08. The van der Waals surface area contributed by atoms with Crippen LogP contribution in [0.5, 0.6) is 0 Å². The van der Waals surface area contributed by atoms with E-state index < -0.39 is 0 Å². The molecule has 0 atom stereocenters. The molecule has 2 nitrogen and oxygen atoms in total. The summed E-state index contributed by atoms with van der Waals surface area (Å²) in [5, 5.41) is 3.87. The molecule has 0 aliphatic heterocycles. The quantitative estimate of drug-likeness (QED) is 0.708. The molecule has 64 valence electrons. The van der Waals surface area contributed by atoms with Gasteiger partial charge in [0.1, 0.15) is 5.15 Å². The molecule has 1 heterocycles. The van der Waals surface area contributed by atoms with Crippen LogP contribution in [0.3, 0.4) is 0 Å². The first-order valence-corrected chi connectivity index (χ1v) is 4.46. The Labute approximate surface area is 77.0 Å². The van der Waals surface area contributed by atoms with Crippen molar-refractivity contribution in [1.29, 1.82) is 0 Å². The fraction of sp³-hybridized carbons (Fsp3) is 0.444. The molecule has 1 N–H and O–H groups in total. The summed E-state index contributed by atoms with van der Waals surface area (Å²) in [4.78, 5) is 4.06. The largest absolute Gasteiger partial charge is 0.310 e. The van der Waals surface area contributed by atoms with Gasteiger partial charge in [-0.2, -0.15) is 0 Å². The van der Waals surface area contributed by atoms with E-state index >= 15 is 0 Å². The molecule has 0 unspecified atom stereocenters. The highest BCUT2D eigenvalue weighted by Gasteiger charge is 2.42. The van der Waals surface area contributed by atoms with Crippen molar-refractivity contribution in [2.24, 2.45) is 0 Å². The average molecular weight is 183 g/mol.